The monoisotopic (exact) mass is 369 g/mol. The Morgan fingerprint density at radius 2 is 2.04 bits per heavy atom. The van der Waals surface area contributed by atoms with Gasteiger partial charge in [-0.3, -0.25) is 4.98 Å². The molecule has 136 valence electrons. The van der Waals surface area contributed by atoms with Crippen LogP contribution in [0.4, 0.5) is 5.82 Å². The van der Waals surface area contributed by atoms with Crippen LogP contribution >= 0.6 is 11.6 Å². The minimum atomic E-state index is 0.691. The first-order chi connectivity index (χ1) is 12.7. The van der Waals surface area contributed by atoms with Gasteiger partial charge in [0, 0.05) is 24.3 Å². The van der Waals surface area contributed by atoms with Gasteiger partial charge < -0.3 is 14.8 Å². The predicted octanol–water partition coefficient (Wildman–Crippen LogP) is 3.89. The van der Waals surface area contributed by atoms with Crippen molar-refractivity contribution >= 4 is 28.3 Å². The van der Waals surface area contributed by atoms with Crippen molar-refractivity contribution in [2.45, 2.75) is 19.4 Å². The van der Waals surface area contributed by atoms with E-state index in [-0.39, 0.29) is 0 Å². The van der Waals surface area contributed by atoms with Crippen molar-refractivity contribution in [2.75, 3.05) is 32.0 Å². The van der Waals surface area contributed by atoms with Crippen LogP contribution in [-0.2, 0) is 6.54 Å². The Bertz CT molecular complexity index is 866. The van der Waals surface area contributed by atoms with Gasteiger partial charge in [-0.1, -0.05) is 17.7 Å². The fraction of sp³-hybridized carbons (Fsp3) is 0.400. The standard InChI is InChI=1S/C20H24ClN5/c1-25-8-5-15(6-9-25)11-23-20-3-2-16(12-24-20)14-26-18-13-22-7-4-17(18)10-19(26)21/h2-4,7,10,12-13,15H,5-6,8-9,11,14H2,1H3,(H,23,24). The van der Waals surface area contributed by atoms with Crippen molar-refractivity contribution in [3.05, 3.63) is 53.6 Å². The molecule has 5 nitrogen and oxygen atoms in total. The van der Waals surface area contributed by atoms with Gasteiger partial charge in [0.05, 0.1) is 18.3 Å². The number of piperidine rings is 1. The molecule has 1 aliphatic heterocycles. The Labute approximate surface area is 159 Å². The van der Waals surface area contributed by atoms with Gasteiger partial charge >= 0.3 is 0 Å². The summed E-state index contributed by atoms with van der Waals surface area (Å²) < 4.78 is 2.06. The van der Waals surface area contributed by atoms with Crippen molar-refractivity contribution in [3.8, 4) is 0 Å². The summed E-state index contributed by atoms with van der Waals surface area (Å²) in [5.41, 5.74) is 2.17. The zero-order valence-electron chi connectivity index (χ0n) is 15.0. The maximum Gasteiger partial charge on any atom is 0.125 e. The number of hydrogen-bond donors (Lipinski definition) is 1. The first-order valence-electron chi connectivity index (χ1n) is 9.15. The molecular formula is C20H24ClN5. The lowest BCUT2D eigenvalue weighted by atomic mass is 9.97. The molecule has 0 unspecified atom stereocenters. The highest BCUT2D eigenvalue weighted by atomic mass is 35.5. The highest BCUT2D eigenvalue weighted by Gasteiger charge is 2.16. The van der Waals surface area contributed by atoms with E-state index >= 15 is 0 Å². The summed E-state index contributed by atoms with van der Waals surface area (Å²) in [6.07, 6.45) is 8.08. The molecule has 6 heteroatoms. The highest BCUT2D eigenvalue weighted by molar-refractivity contribution is 6.30. The maximum absolute atomic E-state index is 6.39. The number of rotatable bonds is 5. The number of nitrogens with zero attached hydrogens (tertiary/aromatic N) is 4. The van der Waals surface area contributed by atoms with Crippen LogP contribution in [0.25, 0.3) is 10.9 Å². The van der Waals surface area contributed by atoms with Crippen molar-refractivity contribution in [1.29, 1.82) is 0 Å². The SMILES string of the molecule is CN1CCC(CNc2ccc(Cn3c(Cl)cc4ccncc43)cn2)CC1. The Morgan fingerprint density at radius 3 is 2.81 bits per heavy atom. The second-order valence-corrected chi connectivity index (χ2v) is 7.55. The number of likely N-dealkylation sites (tertiary alicyclic amines) is 1. The van der Waals surface area contributed by atoms with E-state index in [2.05, 4.69) is 43.9 Å². The number of pyridine rings is 2. The van der Waals surface area contributed by atoms with Crippen LogP contribution in [0.5, 0.6) is 0 Å². The summed E-state index contributed by atoms with van der Waals surface area (Å²) in [5.74, 6) is 1.68. The van der Waals surface area contributed by atoms with E-state index in [0.717, 1.165) is 39.9 Å². The zero-order valence-corrected chi connectivity index (χ0v) is 15.8. The van der Waals surface area contributed by atoms with Crippen LogP contribution in [0.2, 0.25) is 5.15 Å². The zero-order chi connectivity index (χ0) is 17.9. The van der Waals surface area contributed by atoms with Gasteiger partial charge in [-0.05, 0) is 62.7 Å². The summed E-state index contributed by atoms with van der Waals surface area (Å²) >= 11 is 6.39. The molecule has 1 saturated heterocycles. The average Bonchev–Trinajstić information content (AvgIpc) is 2.98. The smallest absolute Gasteiger partial charge is 0.125 e. The molecule has 26 heavy (non-hydrogen) atoms. The lowest BCUT2D eigenvalue weighted by Crippen LogP contribution is -2.33. The third kappa shape index (κ3) is 3.84. The van der Waals surface area contributed by atoms with Crippen molar-refractivity contribution in [3.63, 3.8) is 0 Å². The molecule has 0 atom stereocenters. The van der Waals surface area contributed by atoms with E-state index in [9.17, 15) is 0 Å². The quantitative estimate of drug-likeness (QED) is 0.741. The van der Waals surface area contributed by atoms with Gasteiger partial charge in [-0.2, -0.15) is 0 Å². The first-order valence-corrected chi connectivity index (χ1v) is 9.53. The lowest BCUT2D eigenvalue weighted by Gasteiger charge is -2.29. The summed E-state index contributed by atoms with van der Waals surface area (Å²) in [7, 11) is 2.19. The van der Waals surface area contributed by atoms with Gasteiger partial charge in [-0.25, -0.2) is 4.98 Å². The Kier molecular flexibility index (Phi) is 5.09. The molecule has 0 bridgehead atoms. The van der Waals surface area contributed by atoms with Crippen LogP contribution in [0.1, 0.15) is 18.4 Å². The van der Waals surface area contributed by atoms with Gasteiger partial charge in [0.1, 0.15) is 11.0 Å². The summed E-state index contributed by atoms with van der Waals surface area (Å²) in [6.45, 7) is 4.08. The Hall–Kier alpha value is -2.11. The highest BCUT2D eigenvalue weighted by Crippen LogP contribution is 2.24. The number of anilines is 1. The topological polar surface area (TPSA) is 46.0 Å². The molecule has 0 amide bonds. The molecule has 1 N–H and O–H groups in total. The van der Waals surface area contributed by atoms with E-state index in [4.69, 9.17) is 11.6 Å². The third-order valence-electron chi connectivity index (χ3n) is 5.23. The largest absolute Gasteiger partial charge is 0.370 e. The predicted molar refractivity (Wildman–Crippen MR) is 107 cm³/mol. The minimum absolute atomic E-state index is 0.691. The molecule has 1 fully saturated rings. The van der Waals surface area contributed by atoms with Gasteiger partial charge in [-0.15, -0.1) is 0 Å². The van der Waals surface area contributed by atoms with Crippen LogP contribution in [0.3, 0.4) is 0 Å². The van der Waals surface area contributed by atoms with E-state index in [1.807, 2.05) is 24.5 Å². The molecule has 3 aromatic rings. The molecule has 0 radical (unpaired) electrons. The molecule has 0 aromatic carbocycles. The summed E-state index contributed by atoms with van der Waals surface area (Å²) in [6, 6.07) is 8.13. The fourth-order valence-electron chi connectivity index (χ4n) is 3.55. The summed E-state index contributed by atoms with van der Waals surface area (Å²) in [5, 5.41) is 5.31. The molecule has 0 saturated carbocycles. The molecule has 4 heterocycles. The van der Waals surface area contributed by atoms with Crippen molar-refractivity contribution in [1.82, 2.24) is 19.4 Å². The second kappa shape index (κ2) is 7.64. The molecule has 4 rings (SSSR count). The average molecular weight is 370 g/mol. The maximum atomic E-state index is 6.39. The number of nitrogens with one attached hydrogen (secondary N) is 1. The van der Waals surface area contributed by atoms with E-state index < -0.39 is 0 Å². The lowest BCUT2D eigenvalue weighted by molar-refractivity contribution is 0.226. The van der Waals surface area contributed by atoms with E-state index in [1.54, 1.807) is 6.20 Å². The van der Waals surface area contributed by atoms with Crippen LogP contribution < -0.4 is 5.32 Å². The number of aromatic nitrogens is 3. The molecule has 3 aromatic heterocycles. The summed E-state index contributed by atoms with van der Waals surface area (Å²) in [4.78, 5) is 11.2. The minimum Gasteiger partial charge on any atom is -0.370 e. The van der Waals surface area contributed by atoms with Crippen LogP contribution in [-0.4, -0.2) is 46.1 Å². The Balaban J connectivity index is 1.39. The second-order valence-electron chi connectivity index (χ2n) is 7.17. The van der Waals surface area contributed by atoms with Gasteiger partial charge in [0.2, 0.25) is 0 Å². The molecule has 1 aliphatic rings. The Morgan fingerprint density at radius 1 is 1.19 bits per heavy atom. The van der Waals surface area contributed by atoms with E-state index in [1.165, 1.54) is 25.9 Å². The van der Waals surface area contributed by atoms with Gasteiger partial charge in [0.15, 0.2) is 0 Å². The molecule has 0 spiro atoms. The number of hydrogen-bond acceptors (Lipinski definition) is 4. The normalized spacial score (nSPS) is 16.2. The fourth-order valence-corrected chi connectivity index (χ4v) is 3.82. The molecular weight excluding hydrogens is 346 g/mol. The molecule has 0 aliphatic carbocycles. The van der Waals surface area contributed by atoms with Gasteiger partial charge in [0.25, 0.3) is 0 Å². The third-order valence-corrected chi connectivity index (χ3v) is 5.54. The van der Waals surface area contributed by atoms with Crippen molar-refractivity contribution in [2.24, 2.45) is 5.92 Å². The van der Waals surface area contributed by atoms with Crippen LogP contribution in [0, 0.1) is 5.92 Å². The number of halogens is 1. The number of fused-ring (bicyclic) bond motifs is 1. The van der Waals surface area contributed by atoms with Crippen molar-refractivity contribution < 1.29 is 0 Å². The first kappa shape index (κ1) is 17.3. The van der Waals surface area contributed by atoms with Crippen LogP contribution in [0.15, 0.2) is 42.9 Å². The van der Waals surface area contributed by atoms with E-state index in [0.29, 0.717) is 6.54 Å².